The quantitative estimate of drug-likeness (QED) is 0.705. The lowest BCUT2D eigenvalue weighted by Crippen LogP contribution is -2.17. The van der Waals surface area contributed by atoms with Crippen LogP contribution in [-0.2, 0) is 0 Å². The molecule has 1 atom stereocenters. The molecule has 0 saturated heterocycles. The lowest BCUT2D eigenvalue weighted by Gasteiger charge is -2.25. The van der Waals surface area contributed by atoms with Gasteiger partial charge < -0.3 is 4.74 Å². The van der Waals surface area contributed by atoms with E-state index in [0.717, 1.165) is 17.7 Å². The Hall–Kier alpha value is -0.840. The Morgan fingerprint density at radius 3 is 2.58 bits per heavy atom. The molecule has 1 aliphatic rings. The van der Waals surface area contributed by atoms with Crippen LogP contribution in [0.25, 0.3) is 0 Å². The first kappa shape index (κ1) is 13.2. The Kier molecular flexibility index (Phi) is 3.65. The minimum absolute atomic E-state index is 0.0630. The van der Waals surface area contributed by atoms with E-state index in [1.807, 2.05) is 24.3 Å². The number of hydrogen-bond donors (Lipinski definition) is 0. The molecule has 2 heterocycles. The maximum Gasteiger partial charge on any atom is 0.148 e. The number of halogens is 3. The van der Waals surface area contributed by atoms with Gasteiger partial charge in [0.1, 0.15) is 21.9 Å². The van der Waals surface area contributed by atoms with Gasteiger partial charge in [0.25, 0.3) is 0 Å². The highest BCUT2D eigenvalue weighted by Crippen LogP contribution is 2.38. The second-order valence-electron chi connectivity index (χ2n) is 4.20. The fourth-order valence-corrected chi connectivity index (χ4v) is 2.75. The molecular formula is C13H9BrCl2N2O. The maximum atomic E-state index is 6.05. The summed E-state index contributed by atoms with van der Waals surface area (Å²) >= 11 is 15.4. The summed E-state index contributed by atoms with van der Waals surface area (Å²) in [5, 5.41) is 0.665. The molecule has 0 bridgehead atoms. The van der Waals surface area contributed by atoms with Crippen LogP contribution in [0.1, 0.15) is 23.7 Å². The van der Waals surface area contributed by atoms with Crippen molar-refractivity contribution in [3.8, 4) is 5.75 Å². The molecule has 0 radical (unpaired) electrons. The molecule has 0 N–H and O–H groups in total. The molecule has 0 aliphatic carbocycles. The van der Waals surface area contributed by atoms with Gasteiger partial charge in [0.2, 0.25) is 0 Å². The molecule has 0 spiro atoms. The minimum atomic E-state index is 0.0630. The van der Waals surface area contributed by atoms with E-state index < -0.39 is 0 Å². The van der Waals surface area contributed by atoms with Gasteiger partial charge in [-0.15, -0.1) is 0 Å². The number of para-hydroxylation sites is 1. The summed E-state index contributed by atoms with van der Waals surface area (Å²) in [6.45, 7) is 0.635. The van der Waals surface area contributed by atoms with Crippen molar-refractivity contribution in [3.05, 3.63) is 50.4 Å². The average molecular weight is 360 g/mol. The minimum Gasteiger partial charge on any atom is -0.493 e. The number of fused-ring (bicyclic) bond motifs is 1. The van der Waals surface area contributed by atoms with Gasteiger partial charge in [-0.3, -0.25) is 0 Å². The van der Waals surface area contributed by atoms with Gasteiger partial charge >= 0.3 is 0 Å². The fourth-order valence-electron chi connectivity index (χ4n) is 2.18. The second-order valence-corrected chi connectivity index (χ2v) is 5.71. The van der Waals surface area contributed by atoms with Crippen LogP contribution in [0.3, 0.4) is 0 Å². The van der Waals surface area contributed by atoms with Crippen molar-refractivity contribution >= 4 is 39.1 Å². The number of benzene rings is 1. The van der Waals surface area contributed by atoms with E-state index >= 15 is 0 Å². The Morgan fingerprint density at radius 1 is 1.16 bits per heavy atom. The van der Waals surface area contributed by atoms with Gasteiger partial charge in [0.05, 0.1) is 17.0 Å². The first-order valence-corrected chi connectivity index (χ1v) is 7.32. The highest BCUT2D eigenvalue weighted by molar-refractivity contribution is 9.10. The summed E-state index contributed by atoms with van der Waals surface area (Å²) in [5.74, 6) is 1.57. The molecule has 19 heavy (non-hydrogen) atoms. The van der Waals surface area contributed by atoms with Crippen LogP contribution in [0.15, 0.2) is 28.7 Å². The molecule has 3 rings (SSSR count). The van der Waals surface area contributed by atoms with Crippen molar-refractivity contribution in [2.75, 3.05) is 6.61 Å². The molecule has 6 heteroatoms. The van der Waals surface area contributed by atoms with Gasteiger partial charge in [0.15, 0.2) is 0 Å². The van der Waals surface area contributed by atoms with Crippen LogP contribution in [0.5, 0.6) is 5.75 Å². The van der Waals surface area contributed by atoms with Crippen molar-refractivity contribution in [1.29, 1.82) is 0 Å². The Labute approximate surface area is 129 Å². The van der Waals surface area contributed by atoms with Crippen LogP contribution >= 0.6 is 39.1 Å². The zero-order valence-corrected chi connectivity index (χ0v) is 12.8. The van der Waals surface area contributed by atoms with E-state index in [2.05, 4.69) is 25.9 Å². The average Bonchev–Trinajstić information content (AvgIpc) is 2.43. The van der Waals surface area contributed by atoms with Crippen molar-refractivity contribution in [2.45, 2.75) is 12.3 Å². The summed E-state index contributed by atoms with van der Waals surface area (Å²) in [6.07, 6.45) is 0.811. The van der Waals surface area contributed by atoms with E-state index in [-0.39, 0.29) is 5.92 Å². The van der Waals surface area contributed by atoms with Gasteiger partial charge in [-0.1, -0.05) is 41.4 Å². The Balaban J connectivity index is 2.09. The Morgan fingerprint density at radius 2 is 1.84 bits per heavy atom. The molecule has 98 valence electrons. The smallest absolute Gasteiger partial charge is 0.148 e. The number of aromatic nitrogens is 2. The van der Waals surface area contributed by atoms with E-state index in [1.54, 1.807) is 0 Å². The van der Waals surface area contributed by atoms with Gasteiger partial charge in [-0.25, -0.2) is 9.97 Å². The molecule has 3 nitrogen and oxygen atoms in total. The summed E-state index contributed by atoms with van der Waals surface area (Å²) < 4.78 is 6.16. The summed E-state index contributed by atoms with van der Waals surface area (Å²) in [7, 11) is 0. The summed E-state index contributed by atoms with van der Waals surface area (Å²) in [4.78, 5) is 8.65. The third-order valence-electron chi connectivity index (χ3n) is 3.06. The van der Waals surface area contributed by atoms with E-state index in [0.29, 0.717) is 27.2 Å². The van der Waals surface area contributed by atoms with Crippen molar-refractivity contribution in [1.82, 2.24) is 9.97 Å². The third kappa shape index (κ3) is 2.45. The molecule has 1 aliphatic heterocycles. The molecular weight excluding hydrogens is 351 g/mol. The van der Waals surface area contributed by atoms with Gasteiger partial charge in [-0.05, 0) is 28.4 Å². The highest BCUT2D eigenvalue weighted by Gasteiger charge is 2.26. The SMILES string of the molecule is Clc1nc(C2CCOc3ccccc32)nc(Cl)c1Br. The van der Waals surface area contributed by atoms with E-state index in [4.69, 9.17) is 27.9 Å². The predicted octanol–water partition coefficient (Wildman–Crippen LogP) is 4.46. The number of hydrogen-bond acceptors (Lipinski definition) is 3. The van der Waals surface area contributed by atoms with Crippen LogP contribution in [0, 0.1) is 0 Å². The normalized spacial score (nSPS) is 17.7. The third-order valence-corrected chi connectivity index (χ3v) is 4.81. The summed E-state index contributed by atoms with van der Waals surface area (Å²) in [5.41, 5.74) is 1.07. The topological polar surface area (TPSA) is 35.0 Å². The first-order chi connectivity index (χ1) is 9.16. The molecule has 0 amide bonds. The number of nitrogens with zero attached hydrogens (tertiary/aromatic N) is 2. The zero-order chi connectivity index (χ0) is 13.4. The van der Waals surface area contributed by atoms with Gasteiger partial charge in [-0.2, -0.15) is 0 Å². The highest BCUT2D eigenvalue weighted by atomic mass is 79.9. The molecule has 1 aromatic heterocycles. The largest absolute Gasteiger partial charge is 0.493 e. The molecule has 2 aromatic rings. The number of rotatable bonds is 1. The van der Waals surface area contributed by atoms with Crippen LogP contribution in [0.2, 0.25) is 10.3 Å². The van der Waals surface area contributed by atoms with Crippen molar-refractivity contribution in [3.63, 3.8) is 0 Å². The number of ether oxygens (including phenoxy) is 1. The monoisotopic (exact) mass is 358 g/mol. The van der Waals surface area contributed by atoms with Crippen molar-refractivity contribution in [2.24, 2.45) is 0 Å². The first-order valence-electron chi connectivity index (χ1n) is 5.77. The summed E-state index contributed by atoms with van der Waals surface area (Å²) in [6, 6.07) is 7.89. The molecule has 1 aromatic carbocycles. The predicted molar refractivity (Wildman–Crippen MR) is 78.1 cm³/mol. The molecule has 1 unspecified atom stereocenters. The van der Waals surface area contributed by atoms with E-state index in [1.165, 1.54) is 0 Å². The van der Waals surface area contributed by atoms with Crippen LogP contribution in [0.4, 0.5) is 0 Å². The lowest BCUT2D eigenvalue weighted by atomic mass is 9.92. The van der Waals surface area contributed by atoms with E-state index in [9.17, 15) is 0 Å². The second kappa shape index (κ2) is 5.27. The van der Waals surface area contributed by atoms with Gasteiger partial charge in [0, 0.05) is 5.56 Å². The van der Waals surface area contributed by atoms with Crippen LogP contribution in [-0.4, -0.2) is 16.6 Å². The Bertz CT molecular complexity index is 613. The lowest BCUT2D eigenvalue weighted by molar-refractivity contribution is 0.274. The van der Waals surface area contributed by atoms with Crippen LogP contribution < -0.4 is 4.74 Å². The maximum absolute atomic E-state index is 6.05. The van der Waals surface area contributed by atoms with Crippen molar-refractivity contribution < 1.29 is 4.74 Å². The fraction of sp³-hybridized carbons (Fsp3) is 0.231. The standard InChI is InChI=1S/C13H9BrCl2N2O/c14-10-11(15)17-13(18-12(10)16)8-5-6-19-9-4-2-1-3-7(8)9/h1-4,8H,5-6H2. The molecule has 0 fully saturated rings. The zero-order valence-electron chi connectivity index (χ0n) is 9.74. The molecule has 0 saturated carbocycles.